The summed E-state index contributed by atoms with van der Waals surface area (Å²) < 4.78 is 40.1. The molecule has 2 N–H and O–H groups in total. The van der Waals surface area contributed by atoms with Crippen molar-refractivity contribution in [2.45, 2.75) is 89.1 Å². The molecule has 2 fully saturated rings. The first-order valence-electron chi connectivity index (χ1n) is 9.08. The van der Waals surface area contributed by atoms with Gasteiger partial charge in [-0.3, -0.25) is 9.48 Å². The molecule has 1 saturated carbocycles. The van der Waals surface area contributed by atoms with Gasteiger partial charge >= 0.3 is 6.18 Å². The lowest BCUT2D eigenvalue weighted by Gasteiger charge is -2.46. The molecule has 5 nitrogen and oxygen atoms in total. The molecule has 2 heterocycles. The molecule has 1 aliphatic heterocycles. The maximum Gasteiger partial charge on any atom is 0.435 e. The average molecular weight is 372 g/mol. The van der Waals surface area contributed by atoms with Crippen LogP contribution in [0.5, 0.6) is 0 Å². The van der Waals surface area contributed by atoms with E-state index in [-0.39, 0.29) is 35.5 Å². The number of nitrogens with one attached hydrogen (secondary N) is 2. The highest BCUT2D eigenvalue weighted by atomic mass is 19.4. The molecule has 1 amide bonds. The van der Waals surface area contributed by atoms with Gasteiger partial charge in [-0.1, -0.05) is 0 Å². The minimum Gasteiger partial charge on any atom is -0.352 e. The third-order valence-corrected chi connectivity index (χ3v) is 4.95. The van der Waals surface area contributed by atoms with E-state index in [1.54, 1.807) is 0 Å². The molecule has 0 aromatic carbocycles. The molecular formula is C18H27F3N4O. The maximum absolute atomic E-state index is 13.0. The van der Waals surface area contributed by atoms with E-state index in [4.69, 9.17) is 0 Å². The van der Waals surface area contributed by atoms with Gasteiger partial charge in [0.15, 0.2) is 5.69 Å². The Kier molecular flexibility index (Phi) is 4.61. The van der Waals surface area contributed by atoms with Crippen molar-refractivity contribution in [2.75, 3.05) is 0 Å². The van der Waals surface area contributed by atoms with Crippen molar-refractivity contribution < 1.29 is 18.0 Å². The van der Waals surface area contributed by atoms with Crippen LogP contribution in [0, 0.1) is 0 Å². The third kappa shape index (κ3) is 4.58. The molecular weight excluding hydrogens is 345 g/mol. The fourth-order valence-electron chi connectivity index (χ4n) is 4.24. The number of hydrogen-bond acceptors (Lipinski definition) is 3. The molecule has 0 atom stereocenters. The van der Waals surface area contributed by atoms with Crippen molar-refractivity contribution >= 4 is 5.91 Å². The number of rotatable bonds is 4. The molecule has 3 rings (SSSR count). The van der Waals surface area contributed by atoms with Gasteiger partial charge in [0.2, 0.25) is 5.91 Å². The zero-order chi connectivity index (χ0) is 19.3. The van der Waals surface area contributed by atoms with Crippen LogP contribution in [0.25, 0.3) is 0 Å². The Balaban J connectivity index is 1.69. The lowest BCUT2D eigenvalue weighted by molar-refractivity contribution is -0.141. The van der Waals surface area contributed by atoms with Crippen LogP contribution in [-0.2, 0) is 17.5 Å². The van der Waals surface area contributed by atoms with E-state index in [9.17, 15) is 18.0 Å². The summed E-state index contributed by atoms with van der Waals surface area (Å²) >= 11 is 0. The number of piperidine rings is 1. The zero-order valence-corrected chi connectivity index (χ0v) is 15.7. The number of carbonyl (C=O) groups excluding carboxylic acids is 1. The SMILES string of the molecule is CC1(C)CC(NC(=O)Cn2nc(C(F)(F)F)cc2C2CC2)CC(C)(C)N1. The zero-order valence-electron chi connectivity index (χ0n) is 15.7. The molecule has 1 aromatic rings. The number of alkyl halides is 3. The second kappa shape index (κ2) is 6.25. The van der Waals surface area contributed by atoms with Crippen LogP contribution in [0.3, 0.4) is 0 Å². The van der Waals surface area contributed by atoms with Crippen molar-refractivity contribution in [3.8, 4) is 0 Å². The monoisotopic (exact) mass is 372 g/mol. The molecule has 1 aliphatic carbocycles. The quantitative estimate of drug-likeness (QED) is 0.853. The van der Waals surface area contributed by atoms with Crippen LogP contribution in [0.2, 0.25) is 0 Å². The van der Waals surface area contributed by atoms with Crippen molar-refractivity contribution in [1.29, 1.82) is 0 Å². The Morgan fingerprint density at radius 2 is 1.85 bits per heavy atom. The largest absolute Gasteiger partial charge is 0.435 e. The maximum atomic E-state index is 13.0. The predicted molar refractivity (Wildman–Crippen MR) is 91.7 cm³/mol. The lowest BCUT2D eigenvalue weighted by atomic mass is 9.79. The average Bonchev–Trinajstić information content (AvgIpc) is 3.15. The van der Waals surface area contributed by atoms with Gasteiger partial charge in [0, 0.05) is 28.7 Å². The molecule has 0 radical (unpaired) electrons. The van der Waals surface area contributed by atoms with E-state index in [2.05, 4.69) is 43.4 Å². The van der Waals surface area contributed by atoms with Crippen molar-refractivity contribution in [3.05, 3.63) is 17.5 Å². The first-order valence-corrected chi connectivity index (χ1v) is 9.08. The highest BCUT2D eigenvalue weighted by Gasteiger charge is 2.40. The van der Waals surface area contributed by atoms with Gasteiger partial charge in [-0.25, -0.2) is 0 Å². The van der Waals surface area contributed by atoms with Crippen LogP contribution in [0.15, 0.2) is 6.07 Å². The van der Waals surface area contributed by atoms with Gasteiger partial charge in [0.1, 0.15) is 6.54 Å². The summed E-state index contributed by atoms with van der Waals surface area (Å²) in [5.74, 6) is -0.203. The van der Waals surface area contributed by atoms with Crippen molar-refractivity contribution in [1.82, 2.24) is 20.4 Å². The van der Waals surface area contributed by atoms with Crippen molar-refractivity contribution in [2.24, 2.45) is 0 Å². The van der Waals surface area contributed by atoms with Gasteiger partial charge in [0.25, 0.3) is 0 Å². The molecule has 26 heavy (non-hydrogen) atoms. The summed E-state index contributed by atoms with van der Waals surface area (Å²) in [6.45, 7) is 8.16. The molecule has 0 unspecified atom stereocenters. The van der Waals surface area contributed by atoms with E-state index >= 15 is 0 Å². The number of halogens is 3. The summed E-state index contributed by atoms with van der Waals surface area (Å²) in [5, 5.41) is 10.2. The fourth-order valence-corrected chi connectivity index (χ4v) is 4.24. The highest BCUT2D eigenvalue weighted by Crippen LogP contribution is 2.42. The minimum atomic E-state index is -4.49. The van der Waals surface area contributed by atoms with Gasteiger partial charge in [-0.15, -0.1) is 0 Å². The summed E-state index contributed by atoms with van der Waals surface area (Å²) in [7, 11) is 0. The molecule has 0 bridgehead atoms. The first-order chi connectivity index (χ1) is 11.8. The summed E-state index contributed by atoms with van der Waals surface area (Å²) in [4.78, 5) is 12.5. The number of carbonyl (C=O) groups is 1. The summed E-state index contributed by atoms with van der Waals surface area (Å²) in [6.07, 6.45) is -1.26. The Morgan fingerprint density at radius 3 is 2.35 bits per heavy atom. The number of amides is 1. The Morgan fingerprint density at radius 1 is 1.27 bits per heavy atom. The van der Waals surface area contributed by atoms with Gasteiger partial charge in [-0.2, -0.15) is 18.3 Å². The number of aromatic nitrogens is 2. The Hall–Kier alpha value is -1.57. The number of nitrogens with zero attached hydrogens (tertiary/aromatic N) is 2. The predicted octanol–water partition coefficient (Wildman–Crippen LogP) is 3.20. The fraction of sp³-hybridized carbons (Fsp3) is 0.778. The molecule has 1 aromatic heterocycles. The van der Waals surface area contributed by atoms with Crippen LogP contribution in [-0.4, -0.2) is 32.8 Å². The number of hydrogen-bond donors (Lipinski definition) is 2. The van der Waals surface area contributed by atoms with Crippen LogP contribution in [0.1, 0.15) is 70.7 Å². The van der Waals surface area contributed by atoms with Crippen molar-refractivity contribution in [3.63, 3.8) is 0 Å². The van der Waals surface area contributed by atoms with Gasteiger partial charge in [-0.05, 0) is 59.4 Å². The minimum absolute atomic E-state index is 0.0178. The molecule has 8 heteroatoms. The lowest BCUT2D eigenvalue weighted by Crippen LogP contribution is -2.62. The van der Waals surface area contributed by atoms with E-state index in [1.165, 1.54) is 4.68 Å². The van der Waals surface area contributed by atoms with Crippen LogP contribution < -0.4 is 10.6 Å². The standard InChI is InChI=1S/C18H27F3N4O/c1-16(2)8-12(9-17(3,4)24-16)22-15(26)10-25-13(11-5-6-11)7-14(23-25)18(19,20)21/h7,11-12,24H,5-6,8-10H2,1-4H3,(H,22,26). The molecule has 2 aliphatic rings. The van der Waals surface area contributed by atoms with E-state index in [0.717, 1.165) is 31.7 Å². The van der Waals surface area contributed by atoms with Gasteiger partial charge < -0.3 is 10.6 Å². The summed E-state index contributed by atoms with van der Waals surface area (Å²) in [5.41, 5.74) is -0.642. The van der Waals surface area contributed by atoms with E-state index in [0.29, 0.717) is 5.69 Å². The van der Waals surface area contributed by atoms with E-state index < -0.39 is 11.9 Å². The Labute approximate surface area is 151 Å². The van der Waals surface area contributed by atoms with Gasteiger partial charge in [0.05, 0.1) is 0 Å². The van der Waals surface area contributed by atoms with Crippen LogP contribution >= 0.6 is 0 Å². The molecule has 146 valence electrons. The second-order valence-corrected chi connectivity index (χ2v) is 8.95. The molecule has 1 saturated heterocycles. The topological polar surface area (TPSA) is 59.0 Å². The summed E-state index contributed by atoms with van der Waals surface area (Å²) in [6, 6.07) is 1.07. The third-order valence-electron chi connectivity index (χ3n) is 4.95. The Bertz CT molecular complexity index is 673. The first kappa shape index (κ1) is 19.2. The van der Waals surface area contributed by atoms with Crippen LogP contribution in [0.4, 0.5) is 13.2 Å². The smallest absolute Gasteiger partial charge is 0.352 e. The van der Waals surface area contributed by atoms with E-state index in [1.807, 2.05) is 0 Å². The normalized spacial score (nSPS) is 23.0. The second-order valence-electron chi connectivity index (χ2n) is 8.95. The highest BCUT2D eigenvalue weighted by molar-refractivity contribution is 5.76. The molecule has 0 spiro atoms.